The van der Waals surface area contributed by atoms with E-state index in [1.54, 1.807) is 19.4 Å². The molecule has 1 aromatic heterocycles. The molecular weight excluding hydrogens is 467 g/mol. The first kappa shape index (κ1) is 26.6. The number of benzene rings is 2. The highest BCUT2D eigenvalue weighted by Gasteiger charge is 2.30. The number of methoxy groups -OCH3 is 1. The van der Waals surface area contributed by atoms with Crippen LogP contribution < -0.4 is 4.74 Å². The minimum Gasteiger partial charge on any atom is -0.497 e. The molecule has 3 atom stereocenters. The molecule has 3 aromatic rings. The van der Waals surface area contributed by atoms with Gasteiger partial charge in [0.2, 0.25) is 0 Å². The molecule has 1 unspecified atom stereocenters. The fraction of sp³-hybridized carbons (Fsp3) is 0.419. The molecule has 0 bridgehead atoms. The number of carboxylic acid groups (broad SMARTS) is 1. The van der Waals surface area contributed by atoms with Crippen molar-refractivity contribution in [1.82, 2.24) is 9.88 Å². The van der Waals surface area contributed by atoms with Crippen molar-refractivity contribution in [3.8, 4) is 17.6 Å². The van der Waals surface area contributed by atoms with Crippen LogP contribution in [0.1, 0.15) is 55.0 Å². The minimum absolute atomic E-state index is 0.137. The van der Waals surface area contributed by atoms with Gasteiger partial charge in [-0.15, -0.1) is 0 Å². The monoisotopic (exact) mass is 502 g/mol. The first-order chi connectivity index (χ1) is 17.9. The van der Waals surface area contributed by atoms with Gasteiger partial charge in [-0.2, -0.15) is 0 Å². The van der Waals surface area contributed by atoms with Crippen LogP contribution in [0.4, 0.5) is 4.39 Å². The van der Waals surface area contributed by atoms with Crippen molar-refractivity contribution in [2.45, 2.75) is 45.2 Å². The van der Waals surface area contributed by atoms with Gasteiger partial charge >= 0.3 is 5.97 Å². The summed E-state index contributed by atoms with van der Waals surface area (Å²) in [6.07, 6.45) is 3.33. The van der Waals surface area contributed by atoms with Gasteiger partial charge in [-0.3, -0.25) is 14.7 Å². The summed E-state index contributed by atoms with van der Waals surface area (Å²) < 4.78 is 20.9. The van der Waals surface area contributed by atoms with Crippen LogP contribution in [-0.4, -0.2) is 47.7 Å². The second-order valence-electron chi connectivity index (χ2n) is 9.92. The molecule has 0 spiro atoms. The Morgan fingerprint density at radius 2 is 2.05 bits per heavy atom. The van der Waals surface area contributed by atoms with Crippen LogP contribution in [0, 0.1) is 30.6 Å². The molecule has 1 aliphatic heterocycles. The molecule has 5 nitrogen and oxygen atoms in total. The summed E-state index contributed by atoms with van der Waals surface area (Å²) in [7, 11) is 1.60. The molecule has 0 amide bonds. The third-order valence-corrected chi connectivity index (χ3v) is 7.49. The average Bonchev–Trinajstić information content (AvgIpc) is 2.91. The van der Waals surface area contributed by atoms with Gasteiger partial charge in [0, 0.05) is 30.1 Å². The van der Waals surface area contributed by atoms with E-state index < -0.39 is 12.1 Å². The SMILES string of the molecule is COc1ccc2nccc(C(F)CC[C@@H]3CCN(CC#Cc4ccccc4C)C[C@@H]3CCC(=O)O)c2c1. The molecule has 0 saturated carbocycles. The number of aliphatic carboxylic acids is 1. The molecule has 37 heavy (non-hydrogen) atoms. The van der Waals surface area contributed by atoms with Crippen molar-refractivity contribution in [1.29, 1.82) is 0 Å². The van der Waals surface area contributed by atoms with Crippen LogP contribution in [0.25, 0.3) is 10.9 Å². The number of carbonyl (C=O) groups is 1. The van der Waals surface area contributed by atoms with E-state index in [-0.39, 0.29) is 12.3 Å². The third kappa shape index (κ3) is 7.08. The zero-order valence-corrected chi connectivity index (χ0v) is 21.6. The maximum atomic E-state index is 15.5. The van der Waals surface area contributed by atoms with Crippen molar-refractivity contribution >= 4 is 16.9 Å². The van der Waals surface area contributed by atoms with Crippen LogP contribution in [0.15, 0.2) is 54.7 Å². The average molecular weight is 503 g/mol. The van der Waals surface area contributed by atoms with Gasteiger partial charge in [0.05, 0.1) is 19.2 Å². The summed E-state index contributed by atoms with van der Waals surface area (Å²) in [6.45, 7) is 4.40. The summed E-state index contributed by atoms with van der Waals surface area (Å²) in [5, 5.41) is 10.1. The number of rotatable bonds is 9. The number of ether oxygens (including phenoxy) is 1. The molecule has 6 heteroatoms. The van der Waals surface area contributed by atoms with Gasteiger partial charge < -0.3 is 9.84 Å². The topological polar surface area (TPSA) is 62.7 Å². The van der Waals surface area contributed by atoms with E-state index in [0.29, 0.717) is 36.6 Å². The van der Waals surface area contributed by atoms with E-state index in [0.717, 1.165) is 48.0 Å². The predicted octanol–water partition coefficient (Wildman–Crippen LogP) is 6.20. The van der Waals surface area contributed by atoms with Gasteiger partial charge in [0.1, 0.15) is 11.9 Å². The first-order valence-electron chi connectivity index (χ1n) is 13.0. The maximum absolute atomic E-state index is 15.5. The number of hydrogen-bond donors (Lipinski definition) is 1. The van der Waals surface area contributed by atoms with Crippen LogP contribution in [0.3, 0.4) is 0 Å². The number of aryl methyl sites for hydroxylation is 1. The van der Waals surface area contributed by atoms with Crippen LogP contribution in [-0.2, 0) is 4.79 Å². The summed E-state index contributed by atoms with van der Waals surface area (Å²) in [4.78, 5) is 18.0. The Bertz CT molecular complexity index is 1280. The Balaban J connectivity index is 1.40. The van der Waals surface area contributed by atoms with Crippen LogP contribution >= 0.6 is 0 Å². The summed E-state index contributed by atoms with van der Waals surface area (Å²) in [5.41, 5.74) is 3.58. The van der Waals surface area contributed by atoms with E-state index in [1.807, 2.05) is 36.4 Å². The van der Waals surface area contributed by atoms with E-state index >= 15 is 4.39 Å². The number of alkyl halides is 1. The van der Waals surface area contributed by atoms with Gasteiger partial charge in [0.15, 0.2) is 0 Å². The number of likely N-dealkylation sites (tertiary alicyclic amines) is 1. The zero-order chi connectivity index (χ0) is 26.2. The van der Waals surface area contributed by atoms with E-state index in [9.17, 15) is 9.90 Å². The second-order valence-corrected chi connectivity index (χ2v) is 9.92. The minimum atomic E-state index is -1.12. The number of fused-ring (bicyclic) bond motifs is 1. The Kier molecular flexibility index (Phi) is 9.14. The lowest BCUT2D eigenvalue weighted by molar-refractivity contribution is -0.137. The number of aromatic nitrogens is 1. The molecule has 1 saturated heterocycles. The van der Waals surface area contributed by atoms with Crippen LogP contribution in [0.2, 0.25) is 0 Å². The smallest absolute Gasteiger partial charge is 0.303 e. The van der Waals surface area contributed by atoms with Crippen molar-refractivity contribution in [2.75, 3.05) is 26.7 Å². The highest BCUT2D eigenvalue weighted by atomic mass is 19.1. The Labute approximate surface area is 218 Å². The van der Waals surface area contributed by atoms with Crippen molar-refractivity contribution < 1.29 is 19.0 Å². The lowest BCUT2D eigenvalue weighted by atomic mass is 9.79. The molecular formula is C31H35FN2O3. The van der Waals surface area contributed by atoms with Crippen molar-refractivity contribution in [3.63, 3.8) is 0 Å². The highest BCUT2D eigenvalue weighted by molar-refractivity contribution is 5.83. The molecule has 194 valence electrons. The van der Waals surface area contributed by atoms with E-state index in [1.165, 1.54) is 0 Å². The Morgan fingerprint density at radius 1 is 1.22 bits per heavy atom. The molecule has 1 aliphatic rings. The fourth-order valence-electron chi connectivity index (χ4n) is 5.34. The Morgan fingerprint density at radius 3 is 2.84 bits per heavy atom. The van der Waals surface area contributed by atoms with E-state index in [4.69, 9.17) is 4.74 Å². The number of carboxylic acids is 1. The maximum Gasteiger partial charge on any atom is 0.303 e. The number of piperidine rings is 1. The first-order valence-corrected chi connectivity index (χ1v) is 13.0. The molecule has 0 aliphatic carbocycles. The highest BCUT2D eigenvalue weighted by Crippen LogP contribution is 2.36. The van der Waals surface area contributed by atoms with Gasteiger partial charge in [-0.25, -0.2) is 4.39 Å². The van der Waals surface area contributed by atoms with Gasteiger partial charge in [-0.1, -0.05) is 30.0 Å². The zero-order valence-electron chi connectivity index (χ0n) is 21.6. The van der Waals surface area contributed by atoms with Crippen LogP contribution in [0.5, 0.6) is 5.75 Å². The van der Waals surface area contributed by atoms with Gasteiger partial charge in [-0.05, 0) is 92.4 Å². The fourth-order valence-corrected chi connectivity index (χ4v) is 5.34. The second kappa shape index (κ2) is 12.7. The summed E-state index contributed by atoms with van der Waals surface area (Å²) >= 11 is 0. The van der Waals surface area contributed by atoms with Gasteiger partial charge in [0.25, 0.3) is 0 Å². The molecule has 0 radical (unpaired) electrons. The van der Waals surface area contributed by atoms with Crippen molar-refractivity contribution in [2.24, 2.45) is 11.8 Å². The molecule has 2 aromatic carbocycles. The molecule has 2 heterocycles. The molecule has 1 N–H and O–H groups in total. The summed E-state index contributed by atoms with van der Waals surface area (Å²) in [6, 6.07) is 15.4. The number of nitrogens with zero attached hydrogens (tertiary/aromatic N) is 2. The quantitative estimate of drug-likeness (QED) is 0.353. The number of pyridine rings is 1. The van der Waals surface area contributed by atoms with Crippen molar-refractivity contribution in [3.05, 3.63) is 71.4 Å². The predicted molar refractivity (Wildman–Crippen MR) is 144 cm³/mol. The van der Waals surface area contributed by atoms with E-state index in [2.05, 4.69) is 34.7 Å². The normalized spacial score (nSPS) is 18.7. The molecule has 1 fully saturated rings. The number of hydrogen-bond acceptors (Lipinski definition) is 4. The number of halogens is 1. The standard InChI is InChI=1S/C31H35FN2O3/c1-22-6-3-4-7-23(22)8-5-18-34-19-16-24(25(21-34)10-14-31(35)36)9-12-29(32)27-15-17-33-30-13-11-26(37-2)20-28(27)30/h3-4,6-7,11,13,15,17,20,24-25,29H,9-10,12,14,16,18-19,21H2,1-2H3,(H,35,36)/t24-,25+,29?/m1/s1. The Hall–Kier alpha value is -3.43. The largest absolute Gasteiger partial charge is 0.497 e. The molecule has 4 rings (SSSR count). The lowest BCUT2D eigenvalue weighted by Gasteiger charge is -2.38. The third-order valence-electron chi connectivity index (χ3n) is 7.49. The summed E-state index contributed by atoms with van der Waals surface area (Å²) in [5.74, 6) is 6.97. The lowest BCUT2D eigenvalue weighted by Crippen LogP contribution is -2.41.